The molecule has 1 N–H and O–H groups in total. The Morgan fingerprint density at radius 1 is 0.274 bits per heavy atom. The molecule has 0 rings (SSSR count). The molecular weight excluding hydrogens is 1030 g/mol. The second kappa shape index (κ2) is 72.5. The van der Waals surface area contributed by atoms with Crippen LogP contribution >= 0.6 is 0 Å². The molecule has 0 amide bonds. The minimum Gasteiger partial charge on any atom is -0.462 e. The first-order valence-corrected chi connectivity index (χ1v) is 34.7. The number of rotatable bonds is 62. The van der Waals surface area contributed by atoms with E-state index in [0.717, 1.165) is 128 Å². The zero-order valence-corrected chi connectivity index (χ0v) is 54.4. The molecule has 84 heavy (non-hydrogen) atoms. The van der Waals surface area contributed by atoms with Crippen molar-refractivity contribution >= 4 is 11.9 Å². The van der Waals surface area contributed by atoms with E-state index in [2.05, 4.69) is 184 Å². The minimum atomic E-state index is -0.785. The van der Waals surface area contributed by atoms with Crippen molar-refractivity contribution in [3.63, 3.8) is 0 Å². The van der Waals surface area contributed by atoms with Gasteiger partial charge in [0, 0.05) is 12.8 Å². The number of carbonyl (C=O) groups is 2. The van der Waals surface area contributed by atoms with E-state index in [-0.39, 0.29) is 25.2 Å². The van der Waals surface area contributed by atoms with Crippen LogP contribution in [-0.4, -0.2) is 36.4 Å². The van der Waals surface area contributed by atoms with Gasteiger partial charge in [-0.15, -0.1) is 0 Å². The quantitative estimate of drug-likeness (QED) is 0.0373. The lowest BCUT2D eigenvalue weighted by molar-refractivity contribution is -0.161. The van der Waals surface area contributed by atoms with Gasteiger partial charge in [0.25, 0.3) is 0 Å². The topological polar surface area (TPSA) is 72.8 Å². The van der Waals surface area contributed by atoms with Crippen LogP contribution in [0.1, 0.15) is 296 Å². The summed E-state index contributed by atoms with van der Waals surface area (Å²) in [5.74, 6) is -0.595. The molecule has 5 nitrogen and oxygen atoms in total. The van der Waals surface area contributed by atoms with Gasteiger partial charge in [-0.1, -0.05) is 325 Å². The van der Waals surface area contributed by atoms with E-state index in [9.17, 15) is 14.7 Å². The Bertz CT molecular complexity index is 1840. The lowest BCUT2D eigenvalue weighted by atomic mass is 10.0. The first-order valence-electron chi connectivity index (χ1n) is 34.7. The molecule has 1 unspecified atom stereocenters. The fraction of sp³-hybridized carbons (Fsp3) is 0.620. The molecule has 0 aliphatic heterocycles. The Hall–Kier alpha value is -4.74. The Kier molecular flexibility index (Phi) is 68.4. The van der Waals surface area contributed by atoms with E-state index in [0.29, 0.717) is 12.8 Å². The molecule has 0 bridgehead atoms. The number of ether oxygens (including phenoxy) is 2. The summed E-state index contributed by atoms with van der Waals surface area (Å²) < 4.78 is 10.8. The molecule has 0 aromatic carbocycles. The van der Waals surface area contributed by atoms with Crippen molar-refractivity contribution in [2.24, 2.45) is 0 Å². The van der Waals surface area contributed by atoms with Gasteiger partial charge >= 0.3 is 11.9 Å². The van der Waals surface area contributed by atoms with Gasteiger partial charge in [0.05, 0.1) is 6.61 Å². The highest BCUT2D eigenvalue weighted by Gasteiger charge is 2.16. The fourth-order valence-corrected chi connectivity index (χ4v) is 9.40. The largest absolute Gasteiger partial charge is 0.462 e. The predicted molar refractivity (Wildman–Crippen MR) is 370 cm³/mol. The molecule has 0 fully saturated rings. The fourth-order valence-electron chi connectivity index (χ4n) is 9.40. The number of carbonyl (C=O) groups excluding carboxylic acids is 2. The van der Waals surface area contributed by atoms with Crippen molar-refractivity contribution in [3.8, 4) is 0 Å². The Labute approximate surface area is 519 Å². The number of hydrogen-bond acceptors (Lipinski definition) is 5. The van der Waals surface area contributed by atoms with Crippen molar-refractivity contribution in [1.82, 2.24) is 0 Å². The van der Waals surface area contributed by atoms with E-state index in [1.165, 1.54) is 141 Å². The lowest BCUT2D eigenvalue weighted by Gasteiger charge is -2.15. The van der Waals surface area contributed by atoms with Gasteiger partial charge in [-0.05, 0) is 128 Å². The second-order valence-corrected chi connectivity index (χ2v) is 22.5. The lowest BCUT2D eigenvalue weighted by Crippen LogP contribution is -2.28. The molecule has 0 aromatic heterocycles. The summed E-state index contributed by atoms with van der Waals surface area (Å²) in [6.07, 6.45) is 112. The molecule has 0 radical (unpaired) electrons. The molecular formula is C79H128O5. The summed E-state index contributed by atoms with van der Waals surface area (Å²) in [5, 5.41) is 9.71. The summed E-state index contributed by atoms with van der Waals surface area (Å²) in [7, 11) is 0. The normalized spacial score (nSPS) is 13.3. The highest BCUT2D eigenvalue weighted by Crippen LogP contribution is 2.16. The number of aliphatic hydroxyl groups is 1. The zero-order chi connectivity index (χ0) is 60.5. The van der Waals surface area contributed by atoms with Gasteiger partial charge in [0.1, 0.15) is 6.61 Å². The second-order valence-electron chi connectivity index (χ2n) is 22.5. The maximum Gasteiger partial charge on any atom is 0.306 e. The zero-order valence-electron chi connectivity index (χ0n) is 54.4. The monoisotopic (exact) mass is 1160 g/mol. The van der Waals surface area contributed by atoms with Crippen LogP contribution in [0.3, 0.4) is 0 Å². The Balaban J connectivity index is 3.53. The van der Waals surface area contributed by atoms with E-state index >= 15 is 0 Å². The van der Waals surface area contributed by atoms with Crippen molar-refractivity contribution in [1.29, 1.82) is 0 Å². The van der Waals surface area contributed by atoms with Crippen molar-refractivity contribution in [2.45, 2.75) is 302 Å². The standard InChI is InChI=1S/C79H128O5/c1-3-5-7-9-11-13-15-17-19-21-23-25-27-29-31-33-35-36-37-38-39-40-41-42-44-46-48-50-52-54-56-58-60-62-64-66-68-70-72-74-79(82)84-77(75-80)76-83-78(81)73-71-69-67-65-63-61-59-57-55-53-51-49-47-45-43-34-32-30-28-26-24-22-20-18-16-14-12-10-8-6-4-2/h5-8,11-14,17-20,23-26,29-32,35-36,38-39,41-43,45,77,80H,3-4,9-10,15-16,21-22,27-28,33-34,37,40,44,46-76H2,1-2H3/b7-5-,8-6-,13-11-,14-12-,19-17-,20-18-,25-23-,26-24-,31-29-,32-30-,36-35-,39-38-,42-41-,45-43-. The van der Waals surface area contributed by atoms with Gasteiger partial charge in [-0.3, -0.25) is 9.59 Å². The summed E-state index contributed by atoms with van der Waals surface area (Å²) in [6, 6.07) is 0. The van der Waals surface area contributed by atoms with Crippen LogP contribution < -0.4 is 0 Å². The van der Waals surface area contributed by atoms with E-state index in [1.807, 2.05) is 0 Å². The number of aliphatic hydroxyl groups excluding tert-OH is 1. The van der Waals surface area contributed by atoms with Gasteiger partial charge in [-0.25, -0.2) is 0 Å². The van der Waals surface area contributed by atoms with Crippen LogP contribution in [0.15, 0.2) is 170 Å². The first kappa shape index (κ1) is 79.3. The maximum absolute atomic E-state index is 12.4. The van der Waals surface area contributed by atoms with Crippen molar-refractivity contribution in [2.75, 3.05) is 13.2 Å². The van der Waals surface area contributed by atoms with Crippen molar-refractivity contribution in [3.05, 3.63) is 170 Å². The highest BCUT2D eigenvalue weighted by molar-refractivity contribution is 5.70. The summed E-state index contributed by atoms with van der Waals surface area (Å²) in [5.41, 5.74) is 0. The smallest absolute Gasteiger partial charge is 0.306 e. The Morgan fingerprint density at radius 2 is 0.476 bits per heavy atom. The summed E-state index contributed by atoms with van der Waals surface area (Å²) in [4.78, 5) is 24.7. The third-order valence-electron chi connectivity index (χ3n) is 14.5. The van der Waals surface area contributed by atoms with E-state index in [4.69, 9.17) is 9.47 Å². The first-order chi connectivity index (χ1) is 41.6. The highest BCUT2D eigenvalue weighted by atomic mass is 16.6. The average molecular weight is 1160 g/mol. The molecule has 0 spiro atoms. The molecule has 5 heteroatoms. The van der Waals surface area contributed by atoms with Crippen LogP contribution in [-0.2, 0) is 19.1 Å². The van der Waals surface area contributed by atoms with Crippen LogP contribution in [0, 0.1) is 0 Å². The predicted octanol–water partition coefficient (Wildman–Crippen LogP) is 24.4. The van der Waals surface area contributed by atoms with Gasteiger partial charge in [0.2, 0.25) is 0 Å². The van der Waals surface area contributed by atoms with Gasteiger partial charge in [-0.2, -0.15) is 0 Å². The third kappa shape index (κ3) is 69.8. The van der Waals surface area contributed by atoms with Crippen LogP contribution in [0.5, 0.6) is 0 Å². The van der Waals surface area contributed by atoms with Crippen LogP contribution in [0.4, 0.5) is 0 Å². The summed E-state index contributed by atoms with van der Waals surface area (Å²) in [6.45, 7) is 3.92. The summed E-state index contributed by atoms with van der Waals surface area (Å²) >= 11 is 0. The maximum atomic E-state index is 12.4. The number of unbranched alkanes of at least 4 members (excludes halogenated alkanes) is 26. The molecule has 474 valence electrons. The molecule has 0 saturated carbocycles. The van der Waals surface area contributed by atoms with Gasteiger partial charge < -0.3 is 14.6 Å². The number of hydrogen-bond donors (Lipinski definition) is 1. The van der Waals surface area contributed by atoms with Crippen LogP contribution in [0.2, 0.25) is 0 Å². The number of allylic oxidation sites excluding steroid dienone is 28. The molecule has 0 heterocycles. The van der Waals surface area contributed by atoms with Crippen LogP contribution in [0.25, 0.3) is 0 Å². The minimum absolute atomic E-state index is 0.0742. The van der Waals surface area contributed by atoms with Crippen molar-refractivity contribution < 1.29 is 24.2 Å². The Morgan fingerprint density at radius 3 is 0.714 bits per heavy atom. The third-order valence-corrected chi connectivity index (χ3v) is 14.5. The molecule has 1 atom stereocenters. The van der Waals surface area contributed by atoms with Gasteiger partial charge in [0.15, 0.2) is 6.10 Å². The average Bonchev–Trinajstić information content (AvgIpc) is 3.51. The molecule has 0 saturated heterocycles. The molecule has 0 aromatic rings. The molecule has 0 aliphatic carbocycles. The van der Waals surface area contributed by atoms with E-state index in [1.54, 1.807) is 0 Å². The number of esters is 2. The SMILES string of the molecule is CC/C=C\C/C=C\C/C=C\C/C=C\C/C=C\C/C=C\C/C=C\C/C=C\CCCCCCCCCCCCCCCCC(=O)OC(CO)COC(=O)CCCCCCCCCCCCCC/C=C\C/C=C\C/C=C\C/C=C\C/C=C\C/C=C\CC. The molecule has 0 aliphatic rings. The van der Waals surface area contributed by atoms with E-state index < -0.39 is 6.10 Å².